The van der Waals surface area contributed by atoms with Crippen molar-refractivity contribution < 1.29 is 46.5 Å². The van der Waals surface area contributed by atoms with Gasteiger partial charge in [-0.05, 0) is 156 Å². The number of para-hydroxylation sites is 2. The van der Waals surface area contributed by atoms with Gasteiger partial charge in [0.05, 0.1) is 45.8 Å². The quantitative estimate of drug-likeness (QED) is 0.143. The molecule has 0 radical (unpaired) electrons. The van der Waals surface area contributed by atoms with Crippen molar-refractivity contribution in [2.45, 2.75) is 91.6 Å². The van der Waals surface area contributed by atoms with Gasteiger partial charge in [0, 0.05) is 42.8 Å². The molecule has 10 nitrogen and oxygen atoms in total. The van der Waals surface area contributed by atoms with E-state index in [1.165, 1.54) is 35.7 Å². The number of hydrogen-bond acceptors (Lipinski definition) is 10. The van der Waals surface area contributed by atoms with E-state index in [9.17, 15) is 18.4 Å². The van der Waals surface area contributed by atoms with E-state index < -0.39 is 19.8 Å². The van der Waals surface area contributed by atoms with Crippen LogP contribution in [0.1, 0.15) is 69.2 Å². The first-order chi connectivity index (χ1) is 31.8. The lowest BCUT2D eigenvalue weighted by Gasteiger charge is -2.32. The molecule has 2 amide bonds. The molecule has 4 heterocycles. The Labute approximate surface area is 434 Å². The zero-order valence-corrected chi connectivity index (χ0v) is 45.7. The van der Waals surface area contributed by atoms with Crippen LogP contribution in [-0.2, 0) is 37.7 Å². The Balaban J connectivity index is 0.000000177. The minimum absolute atomic E-state index is 0.112. The maximum atomic E-state index is 14.2. The van der Waals surface area contributed by atoms with Gasteiger partial charge >= 0.3 is 14.0 Å². The predicted octanol–water partition coefficient (Wildman–Crippen LogP) is 14.0. The summed E-state index contributed by atoms with van der Waals surface area (Å²) < 4.78 is 62.6. The van der Waals surface area contributed by atoms with Crippen LogP contribution in [0.2, 0.25) is 10.0 Å². The van der Waals surface area contributed by atoms with Gasteiger partial charge in [-0.15, -0.1) is 23.5 Å². The van der Waals surface area contributed by atoms with E-state index in [1.54, 1.807) is 55.5 Å². The average molecular weight is 1140 g/mol. The number of benzene rings is 4. The maximum Gasteiger partial charge on any atom is 0.488 e. The van der Waals surface area contributed by atoms with Crippen molar-refractivity contribution in [2.75, 3.05) is 35.4 Å². The van der Waals surface area contributed by atoms with Gasteiger partial charge in [0.1, 0.15) is 33.0 Å². The predicted molar refractivity (Wildman–Crippen MR) is 282 cm³/mol. The van der Waals surface area contributed by atoms with Crippen molar-refractivity contribution in [3.63, 3.8) is 0 Å². The number of rotatable bonds is 6. The monoisotopic (exact) mass is 1140 g/mol. The molecule has 68 heavy (non-hydrogen) atoms. The van der Waals surface area contributed by atoms with E-state index in [2.05, 4.69) is 42.5 Å². The number of allylic oxidation sites excluding steroid dienone is 2. The number of carbonyl (C=O) groups excluding carboxylic acids is 2. The highest BCUT2D eigenvalue weighted by molar-refractivity contribution is 9.10. The second-order valence-corrected chi connectivity index (χ2v) is 22.3. The smallest absolute Gasteiger partial charge is 0.488 e. The molecule has 0 atom stereocenters. The fourth-order valence-corrected chi connectivity index (χ4v) is 8.97. The van der Waals surface area contributed by atoms with E-state index in [1.807, 2.05) is 86.6 Å². The van der Waals surface area contributed by atoms with Gasteiger partial charge in [-0.3, -0.25) is 9.59 Å². The molecule has 364 valence electrons. The number of nitrogens with one attached hydrogen (secondary N) is 2. The van der Waals surface area contributed by atoms with Crippen LogP contribution in [0.25, 0.3) is 11.1 Å². The third-order valence-corrected chi connectivity index (χ3v) is 15.6. The molecule has 0 saturated carbocycles. The van der Waals surface area contributed by atoms with Crippen LogP contribution in [0.3, 0.4) is 0 Å². The van der Waals surface area contributed by atoms with Crippen LogP contribution in [0.15, 0.2) is 115 Å². The van der Waals surface area contributed by atoms with Crippen LogP contribution >= 0.6 is 78.6 Å². The van der Waals surface area contributed by atoms with Gasteiger partial charge < -0.3 is 38.7 Å². The molecule has 4 aromatic rings. The largest absolute Gasteiger partial charge is 0.496 e. The molecular formula is C48H54B2Br2Cl2F2N2O8S2. The molecule has 0 aromatic heterocycles. The molecule has 0 bridgehead atoms. The van der Waals surface area contributed by atoms with Crippen molar-refractivity contribution in [3.05, 3.63) is 137 Å². The van der Waals surface area contributed by atoms with Gasteiger partial charge in [0.15, 0.2) is 0 Å². The van der Waals surface area contributed by atoms with Crippen molar-refractivity contribution in [3.8, 4) is 11.1 Å². The standard InChI is InChI=1S/C18H15ClFNO2S.C12H24B2O4.C12H12BrNO2S.C6H3BrClF/c1-11-17(24-9-8-23-11)18(22)21-16-5-3-2-4-14(16)13-7-6-12(19)10-15(13)20;1-9(2)10(3,4)16-13(15-9)14-17-11(5,6)12(7,8)18-14;1-8-11(17-7-6-16-8)12(15)14-10-5-3-2-4-9(10)13;7-5-2-1-4(8)3-6(5)9/h2-7,10H,8-9H2,1H3,(H,21,22);1-8H3;2-5H,6-7H2,1H3,(H,14,15);1-3H. The Morgan fingerprint density at radius 1 is 0.574 bits per heavy atom. The Bertz CT molecular complexity index is 2470. The Kier molecular flexibility index (Phi) is 19.7. The molecule has 0 aliphatic carbocycles. The molecule has 4 aliphatic heterocycles. The minimum atomic E-state index is -0.476. The normalized spacial score (nSPS) is 18.6. The van der Waals surface area contributed by atoms with Crippen LogP contribution in [0.4, 0.5) is 20.2 Å². The summed E-state index contributed by atoms with van der Waals surface area (Å²) in [7, 11) is -0.952. The van der Waals surface area contributed by atoms with Crippen molar-refractivity contribution in [1.29, 1.82) is 0 Å². The summed E-state index contributed by atoms with van der Waals surface area (Å²) in [6, 6.07) is 23.5. The van der Waals surface area contributed by atoms with E-state index in [0.717, 1.165) is 21.7 Å². The third kappa shape index (κ3) is 14.5. The topological polar surface area (TPSA) is 114 Å². The van der Waals surface area contributed by atoms with Crippen molar-refractivity contribution in [2.24, 2.45) is 0 Å². The minimum Gasteiger partial charge on any atom is -0.496 e. The van der Waals surface area contributed by atoms with Gasteiger partial charge in [0.25, 0.3) is 11.8 Å². The van der Waals surface area contributed by atoms with Crippen molar-refractivity contribution in [1.82, 2.24) is 0 Å². The first-order valence-electron chi connectivity index (χ1n) is 21.5. The number of carbonyl (C=O) groups is 2. The van der Waals surface area contributed by atoms with E-state index >= 15 is 0 Å². The lowest BCUT2D eigenvalue weighted by atomic mass is 9.49. The number of halogens is 6. The summed E-state index contributed by atoms with van der Waals surface area (Å²) in [6.07, 6.45) is 0. The molecule has 2 saturated heterocycles. The van der Waals surface area contributed by atoms with Crippen LogP contribution < -0.4 is 10.6 Å². The number of thioether (sulfide) groups is 2. The lowest BCUT2D eigenvalue weighted by molar-refractivity contribution is -0.113. The van der Waals surface area contributed by atoms with E-state index in [-0.39, 0.29) is 40.0 Å². The Morgan fingerprint density at radius 2 is 0.985 bits per heavy atom. The first kappa shape index (κ1) is 55.9. The first-order valence-corrected chi connectivity index (χ1v) is 25.8. The highest BCUT2D eigenvalue weighted by Gasteiger charge is 2.63. The third-order valence-electron chi connectivity index (χ3n) is 11.5. The second kappa shape index (κ2) is 23.9. The average Bonchev–Trinajstić information content (AvgIpc) is 3.63. The maximum absolute atomic E-state index is 14.2. The zero-order chi connectivity index (χ0) is 50.2. The van der Waals surface area contributed by atoms with Gasteiger partial charge in [0.2, 0.25) is 0 Å². The fraction of sp³-hybridized carbons (Fsp3) is 0.375. The molecule has 2 fully saturated rings. The summed E-state index contributed by atoms with van der Waals surface area (Å²) in [4.78, 5) is 25.8. The van der Waals surface area contributed by atoms with E-state index in [4.69, 9.17) is 51.3 Å². The molecule has 4 aliphatic rings. The van der Waals surface area contributed by atoms with Gasteiger partial charge in [-0.2, -0.15) is 0 Å². The molecule has 4 aromatic carbocycles. The lowest BCUT2D eigenvalue weighted by Crippen LogP contribution is -2.41. The molecular weight excluding hydrogens is 1090 g/mol. The summed E-state index contributed by atoms with van der Waals surface area (Å²) in [5.41, 5.74) is 0.845. The van der Waals surface area contributed by atoms with Gasteiger partial charge in [-0.1, -0.05) is 53.5 Å². The number of anilines is 2. The fourth-order valence-electron chi connectivity index (χ4n) is 6.39. The zero-order valence-electron chi connectivity index (χ0n) is 39.4. The van der Waals surface area contributed by atoms with E-state index in [0.29, 0.717) is 65.9 Å². The highest BCUT2D eigenvalue weighted by Crippen LogP contribution is 2.43. The van der Waals surface area contributed by atoms with Crippen molar-refractivity contribution >= 4 is 116 Å². The molecule has 0 unspecified atom stereocenters. The SMILES string of the molecule is CC1(C)OB(B2OC(C)(C)C(C)(C)O2)OC1(C)C.CC1=C(C(=O)Nc2ccccc2-c2ccc(Cl)cc2F)SCCO1.CC1=C(C(=O)Nc2ccccc2Br)SCCO1.Fc1cc(Cl)ccc1Br. The summed E-state index contributed by atoms with van der Waals surface area (Å²) in [5, 5.41) is 6.46. The van der Waals surface area contributed by atoms with Crippen LogP contribution in [0, 0.1) is 11.6 Å². The molecule has 2 N–H and O–H groups in total. The second-order valence-electron chi connectivity index (χ2n) is 17.5. The number of amides is 2. The molecule has 8 rings (SSSR count). The summed E-state index contributed by atoms with van der Waals surface area (Å²) in [6.45, 7) is 21.1. The summed E-state index contributed by atoms with van der Waals surface area (Å²) >= 11 is 20.6. The molecule has 20 heteroatoms. The number of hydrogen-bond donors (Lipinski definition) is 2. The number of ether oxygens (including phenoxy) is 2. The van der Waals surface area contributed by atoms with Crippen LogP contribution in [-0.4, -0.2) is 73.0 Å². The molecule has 0 spiro atoms. The highest BCUT2D eigenvalue weighted by atomic mass is 79.9. The van der Waals surface area contributed by atoms with Crippen LogP contribution in [0.5, 0.6) is 0 Å². The Morgan fingerprint density at radius 3 is 1.41 bits per heavy atom. The summed E-state index contributed by atoms with van der Waals surface area (Å²) in [5.74, 6) is 1.73. The Hall–Kier alpha value is -3.03. The van der Waals surface area contributed by atoms with Gasteiger partial charge in [-0.25, -0.2) is 8.78 Å².